The van der Waals surface area contributed by atoms with E-state index in [0.717, 1.165) is 19.0 Å². The third-order valence-corrected chi connectivity index (χ3v) is 4.07. The van der Waals surface area contributed by atoms with E-state index in [2.05, 4.69) is 12.2 Å². The first-order valence-electron chi connectivity index (χ1n) is 7.25. The molecule has 1 N–H and O–H groups in total. The van der Waals surface area contributed by atoms with Crippen molar-refractivity contribution in [1.82, 2.24) is 5.32 Å². The Hall–Kier alpha value is -0.890. The SMILES string of the molecule is CCNCC(CC1CCCC1)c1ccc(F)cc1. The number of benzene rings is 1. The van der Waals surface area contributed by atoms with Gasteiger partial charge in [-0.05, 0) is 42.5 Å². The zero-order chi connectivity index (χ0) is 12.8. The van der Waals surface area contributed by atoms with Crippen molar-refractivity contribution in [3.63, 3.8) is 0 Å². The Balaban J connectivity index is 2.00. The molecule has 2 heteroatoms. The molecule has 1 aromatic rings. The molecule has 0 aliphatic heterocycles. The molecule has 100 valence electrons. The molecular weight excluding hydrogens is 225 g/mol. The van der Waals surface area contributed by atoms with Crippen molar-refractivity contribution in [2.75, 3.05) is 13.1 Å². The van der Waals surface area contributed by atoms with Crippen molar-refractivity contribution in [2.45, 2.75) is 44.9 Å². The molecule has 1 saturated carbocycles. The second-order valence-corrected chi connectivity index (χ2v) is 5.44. The zero-order valence-electron chi connectivity index (χ0n) is 11.3. The fourth-order valence-electron chi connectivity index (χ4n) is 3.04. The molecule has 0 aromatic heterocycles. The number of hydrogen-bond donors (Lipinski definition) is 1. The summed E-state index contributed by atoms with van der Waals surface area (Å²) in [6.45, 7) is 4.15. The minimum absolute atomic E-state index is 0.137. The first-order chi connectivity index (χ1) is 8.79. The van der Waals surface area contributed by atoms with E-state index in [1.165, 1.54) is 37.7 Å². The van der Waals surface area contributed by atoms with E-state index in [1.54, 1.807) is 12.1 Å². The van der Waals surface area contributed by atoms with Crippen LogP contribution in [-0.2, 0) is 0 Å². The van der Waals surface area contributed by atoms with Crippen LogP contribution in [0.15, 0.2) is 24.3 Å². The fraction of sp³-hybridized carbons (Fsp3) is 0.625. The van der Waals surface area contributed by atoms with Crippen molar-refractivity contribution in [3.8, 4) is 0 Å². The summed E-state index contributed by atoms with van der Waals surface area (Å²) < 4.78 is 13.0. The highest BCUT2D eigenvalue weighted by Crippen LogP contribution is 2.33. The smallest absolute Gasteiger partial charge is 0.123 e. The van der Waals surface area contributed by atoms with E-state index in [0.29, 0.717) is 5.92 Å². The Labute approximate surface area is 110 Å². The van der Waals surface area contributed by atoms with Gasteiger partial charge in [0.15, 0.2) is 0 Å². The highest BCUT2D eigenvalue weighted by Gasteiger charge is 2.21. The lowest BCUT2D eigenvalue weighted by Crippen LogP contribution is -2.22. The van der Waals surface area contributed by atoms with Gasteiger partial charge in [0.1, 0.15) is 5.82 Å². The lowest BCUT2D eigenvalue weighted by atomic mass is 9.88. The predicted molar refractivity (Wildman–Crippen MR) is 74.3 cm³/mol. The second kappa shape index (κ2) is 6.89. The molecule has 1 aromatic carbocycles. The van der Waals surface area contributed by atoms with Crippen LogP contribution < -0.4 is 5.32 Å². The van der Waals surface area contributed by atoms with Gasteiger partial charge in [-0.1, -0.05) is 44.7 Å². The third-order valence-electron chi connectivity index (χ3n) is 4.07. The van der Waals surface area contributed by atoms with E-state index >= 15 is 0 Å². The van der Waals surface area contributed by atoms with Crippen LogP contribution in [0.1, 0.15) is 50.5 Å². The summed E-state index contributed by atoms with van der Waals surface area (Å²) in [4.78, 5) is 0. The van der Waals surface area contributed by atoms with Gasteiger partial charge in [0.05, 0.1) is 0 Å². The minimum atomic E-state index is -0.137. The summed E-state index contributed by atoms with van der Waals surface area (Å²) in [7, 11) is 0. The van der Waals surface area contributed by atoms with Crippen LogP contribution in [0.5, 0.6) is 0 Å². The van der Waals surface area contributed by atoms with E-state index in [4.69, 9.17) is 0 Å². The lowest BCUT2D eigenvalue weighted by molar-refractivity contribution is 0.429. The molecule has 0 amide bonds. The lowest BCUT2D eigenvalue weighted by Gasteiger charge is -2.21. The summed E-state index contributed by atoms with van der Waals surface area (Å²) in [5, 5.41) is 3.44. The summed E-state index contributed by atoms with van der Waals surface area (Å²) in [6.07, 6.45) is 6.79. The van der Waals surface area contributed by atoms with Gasteiger partial charge >= 0.3 is 0 Å². The fourth-order valence-corrected chi connectivity index (χ4v) is 3.04. The Morgan fingerprint density at radius 1 is 1.22 bits per heavy atom. The molecule has 1 aliphatic carbocycles. The minimum Gasteiger partial charge on any atom is -0.316 e. The number of halogens is 1. The first-order valence-corrected chi connectivity index (χ1v) is 7.25. The van der Waals surface area contributed by atoms with Gasteiger partial charge in [0.25, 0.3) is 0 Å². The largest absolute Gasteiger partial charge is 0.316 e. The summed E-state index contributed by atoms with van der Waals surface area (Å²) in [6, 6.07) is 7.07. The van der Waals surface area contributed by atoms with Crippen LogP contribution in [0, 0.1) is 11.7 Å². The van der Waals surface area contributed by atoms with Crippen molar-refractivity contribution < 1.29 is 4.39 Å². The van der Waals surface area contributed by atoms with Crippen molar-refractivity contribution in [1.29, 1.82) is 0 Å². The van der Waals surface area contributed by atoms with Gasteiger partial charge in [-0.15, -0.1) is 0 Å². The third kappa shape index (κ3) is 3.81. The summed E-state index contributed by atoms with van der Waals surface area (Å²) in [5.41, 5.74) is 1.28. The zero-order valence-corrected chi connectivity index (χ0v) is 11.3. The Morgan fingerprint density at radius 2 is 1.89 bits per heavy atom. The molecule has 1 fully saturated rings. The molecule has 0 spiro atoms. The molecule has 1 aliphatic rings. The average molecular weight is 249 g/mol. The summed E-state index contributed by atoms with van der Waals surface area (Å²) >= 11 is 0. The molecule has 18 heavy (non-hydrogen) atoms. The maximum Gasteiger partial charge on any atom is 0.123 e. The van der Waals surface area contributed by atoms with Gasteiger partial charge < -0.3 is 5.32 Å². The van der Waals surface area contributed by atoms with Gasteiger partial charge in [0, 0.05) is 6.54 Å². The number of rotatable bonds is 6. The number of likely N-dealkylation sites (N-methyl/N-ethyl adjacent to an activating group) is 1. The van der Waals surface area contributed by atoms with Crippen LogP contribution in [0.3, 0.4) is 0 Å². The highest BCUT2D eigenvalue weighted by atomic mass is 19.1. The van der Waals surface area contributed by atoms with Crippen molar-refractivity contribution in [2.24, 2.45) is 5.92 Å². The van der Waals surface area contributed by atoms with Crippen molar-refractivity contribution in [3.05, 3.63) is 35.6 Å². The molecule has 0 saturated heterocycles. The van der Waals surface area contributed by atoms with E-state index in [9.17, 15) is 4.39 Å². The predicted octanol–water partition coefficient (Wildman–Crippen LogP) is 4.10. The van der Waals surface area contributed by atoms with E-state index in [1.807, 2.05) is 12.1 Å². The normalized spacial score (nSPS) is 18.1. The maximum absolute atomic E-state index is 13.0. The van der Waals surface area contributed by atoms with Crippen LogP contribution >= 0.6 is 0 Å². The summed E-state index contributed by atoms with van der Waals surface area (Å²) in [5.74, 6) is 1.27. The van der Waals surface area contributed by atoms with Crippen LogP contribution in [-0.4, -0.2) is 13.1 Å². The molecule has 2 rings (SSSR count). The molecule has 0 heterocycles. The molecule has 1 atom stereocenters. The van der Waals surface area contributed by atoms with Crippen LogP contribution in [0.4, 0.5) is 4.39 Å². The standard InChI is InChI=1S/C16H24FN/c1-2-18-12-15(11-13-5-3-4-6-13)14-7-9-16(17)10-8-14/h7-10,13,15,18H,2-6,11-12H2,1H3. The Kier molecular flexibility index (Phi) is 5.18. The molecule has 0 radical (unpaired) electrons. The Bertz CT molecular complexity index is 341. The second-order valence-electron chi connectivity index (χ2n) is 5.44. The van der Waals surface area contributed by atoms with E-state index in [-0.39, 0.29) is 5.82 Å². The molecule has 1 unspecified atom stereocenters. The van der Waals surface area contributed by atoms with Crippen LogP contribution in [0.2, 0.25) is 0 Å². The number of nitrogens with one attached hydrogen (secondary N) is 1. The van der Waals surface area contributed by atoms with Gasteiger partial charge in [-0.2, -0.15) is 0 Å². The van der Waals surface area contributed by atoms with E-state index < -0.39 is 0 Å². The monoisotopic (exact) mass is 249 g/mol. The number of hydrogen-bond acceptors (Lipinski definition) is 1. The molecule has 0 bridgehead atoms. The highest BCUT2D eigenvalue weighted by molar-refractivity contribution is 5.21. The Morgan fingerprint density at radius 3 is 2.50 bits per heavy atom. The quantitative estimate of drug-likeness (QED) is 0.800. The maximum atomic E-state index is 13.0. The van der Waals surface area contributed by atoms with Gasteiger partial charge in [-0.25, -0.2) is 4.39 Å². The topological polar surface area (TPSA) is 12.0 Å². The molecular formula is C16H24FN. The molecule has 1 nitrogen and oxygen atoms in total. The van der Waals surface area contributed by atoms with Crippen molar-refractivity contribution >= 4 is 0 Å². The first kappa shape index (κ1) is 13.5. The van der Waals surface area contributed by atoms with Crippen LogP contribution in [0.25, 0.3) is 0 Å². The average Bonchev–Trinajstić information content (AvgIpc) is 2.88. The van der Waals surface area contributed by atoms with Gasteiger partial charge in [-0.3, -0.25) is 0 Å². The van der Waals surface area contributed by atoms with Gasteiger partial charge in [0.2, 0.25) is 0 Å².